The van der Waals surface area contributed by atoms with Crippen molar-refractivity contribution in [1.82, 2.24) is 10.3 Å². The number of hydrogen-bond donors (Lipinski definition) is 1. The monoisotopic (exact) mass is 194 g/mol. The van der Waals surface area contributed by atoms with Crippen LogP contribution in [0.25, 0.3) is 0 Å². The lowest BCUT2D eigenvalue weighted by atomic mass is 10.1. The van der Waals surface area contributed by atoms with Crippen LogP contribution in [0.15, 0.2) is 10.7 Å². The first-order chi connectivity index (χ1) is 6.84. The average Bonchev–Trinajstić information content (AvgIpc) is 2.77. The standard InChI is InChI=1S/C11H18N2O/c1-9-13-11(8-14-9)7-12-6-10-4-2-3-5-10/h8,10,12H,2-7H2,1H3. The molecule has 0 amide bonds. The Labute approximate surface area is 84.9 Å². The van der Waals surface area contributed by atoms with E-state index in [0.29, 0.717) is 0 Å². The topological polar surface area (TPSA) is 38.1 Å². The van der Waals surface area contributed by atoms with E-state index in [4.69, 9.17) is 4.42 Å². The predicted octanol–water partition coefficient (Wildman–Crippen LogP) is 2.26. The second kappa shape index (κ2) is 4.60. The van der Waals surface area contributed by atoms with Crippen LogP contribution in [0.4, 0.5) is 0 Å². The van der Waals surface area contributed by atoms with Crippen LogP contribution in [-0.4, -0.2) is 11.5 Å². The summed E-state index contributed by atoms with van der Waals surface area (Å²) in [5.41, 5.74) is 1.01. The lowest BCUT2D eigenvalue weighted by molar-refractivity contribution is 0.485. The van der Waals surface area contributed by atoms with E-state index >= 15 is 0 Å². The zero-order chi connectivity index (χ0) is 9.80. The quantitative estimate of drug-likeness (QED) is 0.799. The fraction of sp³-hybridized carbons (Fsp3) is 0.727. The Hall–Kier alpha value is -0.830. The van der Waals surface area contributed by atoms with E-state index in [2.05, 4.69) is 10.3 Å². The molecule has 78 valence electrons. The third-order valence-corrected chi connectivity index (χ3v) is 2.88. The van der Waals surface area contributed by atoms with Crippen molar-refractivity contribution in [2.75, 3.05) is 6.54 Å². The summed E-state index contributed by atoms with van der Waals surface area (Å²) in [6.45, 7) is 3.85. The van der Waals surface area contributed by atoms with Gasteiger partial charge in [-0.25, -0.2) is 4.98 Å². The minimum Gasteiger partial charge on any atom is -0.449 e. The minimum atomic E-state index is 0.752. The average molecular weight is 194 g/mol. The van der Waals surface area contributed by atoms with Gasteiger partial charge in [-0.3, -0.25) is 0 Å². The number of oxazole rings is 1. The van der Waals surface area contributed by atoms with Crippen molar-refractivity contribution in [3.63, 3.8) is 0 Å². The Morgan fingerprint density at radius 1 is 1.50 bits per heavy atom. The number of aryl methyl sites for hydroxylation is 1. The third kappa shape index (κ3) is 2.58. The molecule has 3 heteroatoms. The van der Waals surface area contributed by atoms with Gasteiger partial charge < -0.3 is 9.73 Å². The Bertz CT molecular complexity index is 277. The number of aromatic nitrogens is 1. The molecule has 1 saturated carbocycles. The fourth-order valence-electron chi connectivity index (χ4n) is 2.11. The highest BCUT2D eigenvalue weighted by Crippen LogP contribution is 2.23. The maximum absolute atomic E-state index is 5.14. The van der Waals surface area contributed by atoms with E-state index in [9.17, 15) is 0 Å². The Morgan fingerprint density at radius 2 is 2.29 bits per heavy atom. The van der Waals surface area contributed by atoms with Gasteiger partial charge in [0.15, 0.2) is 5.89 Å². The zero-order valence-electron chi connectivity index (χ0n) is 8.75. The number of hydrogen-bond acceptors (Lipinski definition) is 3. The number of nitrogens with zero attached hydrogens (tertiary/aromatic N) is 1. The first kappa shape index (κ1) is 9.71. The van der Waals surface area contributed by atoms with Crippen LogP contribution >= 0.6 is 0 Å². The van der Waals surface area contributed by atoms with Gasteiger partial charge >= 0.3 is 0 Å². The van der Waals surface area contributed by atoms with Crippen molar-refractivity contribution in [2.45, 2.75) is 39.2 Å². The van der Waals surface area contributed by atoms with Gasteiger partial charge in [-0.2, -0.15) is 0 Å². The summed E-state index contributed by atoms with van der Waals surface area (Å²) in [5.74, 6) is 1.64. The van der Waals surface area contributed by atoms with Crippen molar-refractivity contribution >= 4 is 0 Å². The second-order valence-corrected chi connectivity index (χ2v) is 4.14. The van der Waals surface area contributed by atoms with Gasteiger partial charge in [-0.1, -0.05) is 12.8 Å². The van der Waals surface area contributed by atoms with Crippen molar-refractivity contribution in [2.24, 2.45) is 5.92 Å². The largest absolute Gasteiger partial charge is 0.449 e. The molecule has 0 unspecified atom stereocenters. The van der Waals surface area contributed by atoms with E-state index in [-0.39, 0.29) is 0 Å². The van der Waals surface area contributed by atoms with E-state index in [1.165, 1.54) is 25.7 Å². The summed E-state index contributed by atoms with van der Waals surface area (Å²) in [6.07, 6.45) is 7.34. The van der Waals surface area contributed by atoms with Gasteiger partial charge in [-0.05, 0) is 25.3 Å². The lowest BCUT2D eigenvalue weighted by Crippen LogP contribution is -2.20. The van der Waals surface area contributed by atoms with Crippen molar-refractivity contribution < 1.29 is 4.42 Å². The molecule has 0 bridgehead atoms. The smallest absolute Gasteiger partial charge is 0.191 e. The summed E-state index contributed by atoms with van der Waals surface area (Å²) in [7, 11) is 0. The number of rotatable bonds is 4. The van der Waals surface area contributed by atoms with Gasteiger partial charge in [0.05, 0.1) is 5.69 Å². The van der Waals surface area contributed by atoms with Crippen LogP contribution < -0.4 is 5.32 Å². The van der Waals surface area contributed by atoms with E-state index in [1.807, 2.05) is 6.92 Å². The maximum Gasteiger partial charge on any atom is 0.191 e. The molecule has 0 aliphatic heterocycles. The van der Waals surface area contributed by atoms with Crippen LogP contribution in [0, 0.1) is 12.8 Å². The molecule has 1 fully saturated rings. The molecule has 2 rings (SSSR count). The first-order valence-corrected chi connectivity index (χ1v) is 5.46. The first-order valence-electron chi connectivity index (χ1n) is 5.46. The molecule has 0 spiro atoms. The molecule has 1 aromatic rings. The molecule has 0 aromatic carbocycles. The highest BCUT2D eigenvalue weighted by atomic mass is 16.3. The third-order valence-electron chi connectivity index (χ3n) is 2.88. The summed E-state index contributed by atoms with van der Waals surface area (Å²) < 4.78 is 5.14. The Kier molecular flexibility index (Phi) is 3.19. The normalized spacial score (nSPS) is 17.8. The Morgan fingerprint density at radius 3 is 2.93 bits per heavy atom. The molecular weight excluding hydrogens is 176 g/mol. The molecule has 14 heavy (non-hydrogen) atoms. The van der Waals surface area contributed by atoms with Gasteiger partial charge in [0.1, 0.15) is 6.26 Å². The molecule has 0 radical (unpaired) electrons. The molecule has 1 aromatic heterocycles. The summed E-state index contributed by atoms with van der Waals surface area (Å²) in [6, 6.07) is 0. The molecule has 1 aliphatic carbocycles. The second-order valence-electron chi connectivity index (χ2n) is 4.14. The molecule has 0 atom stereocenters. The van der Waals surface area contributed by atoms with Gasteiger partial charge in [0, 0.05) is 13.5 Å². The molecule has 1 aliphatic rings. The van der Waals surface area contributed by atoms with E-state index < -0.39 is 0 Å². The van der Waals surface area contributed by atoms with E-state index in [0.717, 1.165) is 30.6 Å². The summed E-state index contributed by atoms with van der Waals surface area (Å²) >= 11 is 0. The van der Waals surface area contributed by atoms with Gasteiger partial charge in [-0.15, -0.1) is 0 Å². The lowest BCUT2D eigenvalue weighted by Gasteiger charge is -2.08. The van der Waals surface area contributed by atoms with Gasteiger partial charge in [0.25, 0.3) is 0 Å². The van der Waals surface area contributed by atoms with Crippen LogP contribution in [0.1, 0.15) is 37.3 Å². The highest BCUT2D eigenvalue weighted by molar-refractivity contribution is 4.94. The summed E-state index contributed by atoms with van der Waals surface area (Å²) in [5, 5.41) is 3.43. The predicted molar refractivity (Wildman–Crippen MR) is 54.9 cm³/mol. The molecule has 0 saturated heterocycles. The van der Waals surface area contributed by atoms with Crippen LogP contribution in [0.2, 0.25) is 0 Å². The fourth-order valence-corrected chi connectivity index (χ4v) is 2.11. The summed E-state index contributed by atoms with van der Waals surface area (Å²) in [4.78, 5) is 4.25. The van der Waals surface area contributed by atoms with Crippen LogP contribution in [0.3, 0.4) is 0 Å². The minimum absolute atomic E-state index is 0.752. The zero-order valence-corrected chi connectivity index (χ0v) is 8.75. The molecule has 3 nitrogen and oxygen atoms in total. The van der Waals surface area contributed by atoms with Crippen molar-refractivity contribution in [1.29, 1.82) is 0 Å². The SMILES string of the molecule is Cc1nc(CNCC2CCCC2)co1. The van der Waals surface area contributed by atoms with Crippen LogP contribution in [-0.2, 0) is 6.54 Å². The Balaban J connectivity index is 1.67. The molecule has 1 heterocycles. The van der Waals surface area contributed by atoms with Crippen LogP contribution in [0.5, 0.6) is 0 Å². The van der Waals surface area contributed by atoms with Crippen molar-refractivity contribution in [3.05, 3.63) is 17.8 Å². The molecule has 1 N–H and O–H groups in total. The highest BCUT2D eigenvalue weighted by Gasteiger charge is 2.14. The van der Waals surface area contributed by atoms with Gasteiger partial charge in [0.2, 0.25) is 0 Å². The van der Waals surface area contributed by atoms with Crippen molar-refractivity contribution in [3.8, 4) is 0 Å². The maximum atomic E-state index is 5.14. The molecular formula is C11H18N2O. The van der Waals surface area contributed by atoms with E-state index in [1.54, 1.807) is 6.26 Å². The number of nitrogens with one attached hydrogen (secondary N) is 1.